The van der Waals surface area contributed by atoms with E-state index in [2.05, 4.69) is 15.4 Å². The molecule has 0 fully saturated rings. The van der Waals surface area contributed by atoms with Crippen molar-refractivity contribution < 1.29 is 19.2 Å². The van der Waals surface area contributed by atoms with E-state index < -0.39 is 23.4 Å². The molecule has 0 atom stereocenters. The van der Waals surface area contributed by atoms with Gasteiger partial charge < -0.3 is 10.1 Å². The minimum Gasteiger partial charge on any atom is -0.450 e. The second-order valence-corrected chi connectivity index (χ2v) is 7.78. The van der Waals surface area contributed by atoms with Crippen molar-refractivity contribution >= 4 is 34.6 Å². The summed E-state index contributed by atoms with van der Waals surface area (Å²) in [5.74, 6) is -1.36. The van der Waals surface area contributed by atoms with Crippen molar-refractivity contribution in [3.63, 3.8) is 0 Å². The van der Waals surface area contributed by atoms with E-state index in [9.17, 15) is 19.7 Å². The molecule has 2 heterocycles. The van der Waals surface area contributed by atoms with Gasteiger partial charge in [-0.2, -0.15) is 4.98 Å². The number of nitro groups is 1. The van der Waals surface area contributed by atoms with Gasteiger partial charge >= 0.3 is 5.97 Å². The van der Waals surface area contributed by atoms with E-state index in [1.54, 1.807) is 13.0 Å². The smallest absolute Gasteiger partial charge is 0.378 e. The number of anilines is 1. The average molecular weight is 463 g/mol. The number of para-hydroxylation sites is 2. The van der Waals surface area contributed by atoms with Gasteiger partial charge in [0.05, 0.1) is 15.5 Å². The first-order valence-electron chi connectivity index (χ1n) is 9.71. The predicted molar refractivity (Wildman–Crippen MR) is 121 cm³/mol. The third-order valence-corrected chi connectivity index (χ3v) is 5.44. The Labute approximate surface area is 191 Å². The van der Waals surface area contributed by atoms with E-state index in [1.165, 1.54) is 28.2 Å². The number of ether oxygens (including phenoxy) is 1. The summed E-state index contributed by atoms with van der Waals surface area (Å²) in [4.78, 5) is 40.6. The van der Waals surface area contributed by atoms with Gasteiger partial charge in [0.15, 0.2) is 12.4 Å². The number of hydrogen-bond donors (Lipinski definition) is 1. The zero-order valence-electron chi connectivity index (χ0n) is 17.3. The minimum absolute atomic E-state index is 0.0509. The summed E-state index contributed by atoms with van der Waals surface area (Å²) >= 11 is 1.44. The van der Waals surface area contributed by atoms with Crippen LogP contribution in [0.25, 0.3) is 16.4 Å². The van der Waals surface area contributed by atoms with Gasteiger partial charge in [0.25, 0.3) is 17.4 Å². The van der Waals surface area contributed by atoms with Crippen molar-refractivity contribution in [2.75, 3.05) is 11.9 Å². The summed E-state index contributed by atoms with van der Waals surface area (Å²) in [6.07, 6.45) is 0. The number of aromatic nitrogens is 3. The van der Waals surface area contributed by atoms with Crippen LogP contribution in [0.15, 0.2) is 66.0 Å². The molecule has 0 unspecified atom stereocenters. The van der Waals surface area contributed by atoms with E-state index in [-0.39, 0.29) is 17.2 Å². The lowest BCUT2D eigenvalue weighted by Crippen LogP contribution is -2.22. The quantitative estimate of drug-likeness (QED) is 0.249. The largest absolute Gasteiger partial charge is 0.450 e. The molecule has 0 aliphatic carbocycles. The zero-order valence-corrected chi connectivity index (χ0v) is 18.1. The highest BCUT2D eigenvalue weighted by atomic mass is 32.1. The van der Waals surface area contributed by atoms with Crippen LogP contribution in [0.1, 0.15) is 16.2 Å². The Balaban J connectivity index is 1.51. The molecule has 166 valence electrons. The number of benzene rings is 2. The molecule has 2 aromatic carbocycles. The molecule has 0 spiro atoms. The Morgan fingerprint density at radius 1 is 1.12 bits per heavy atom. The van der Waals surface area contributed by atoms with Crippen molar-refractivity contribution in [1.29, 1.82) is 0 Å². The Kier molecular flexibility index (Phi) is 6.22. The number of rotatable bonds is 7. The topological polar surface area (TPSA) is 129 Å². The average Bonchev–Trinajstić information content (AvgIpc) is 3.49. The number of esters is 1. The normalized spacial score (nSPS) is 10.6. The van der Waals surface area contributed by atoms with Crippen LogP contribution >= 0.6 is 11.3 Å². The molecule has 1 amide bonds. The van der Waals surface area contributed by atoms with E-state index in [1.807, 2.05) is 47.8 Å². The number of amides is 1. The lowest BCUT2D eigenvalue weighted by Gasteiger charge is -2.08. The van der Waals surface area contributed by atoms with Gasteiger partial charge in [-0.25, -0.2) is 9.48 Å². The predicted octanol–water partition coefficient (Wildman–Crippen LogP) is 4.01. The molecule has 33 heavy (non-hydrogen) atoms. The highest BCUT2D eigenvalue weighted by Crippen LogP contribution is 2.28. The van der Waals surface area contributed by atoms with Crippen LogP contribution in [-0.2, 0) is 9.53 Å². The molecule has 0 aliphatic rings. The zero-order chi connectivity index (χ0) is 23.4. The van der Waals surface area contributed by atoms with E-state index >= 15 is 0 Å². The fourth-order valence-electron chi connectivity index (χ4n) is 3.05. The van der Waals surface area contributed by atoms with Crippen molar-refractivity contribution in [1.82, 2.24) is 14.8 Å². The number of nitrogens with zero attached hydrogens (tertiary/aromatic N) is 4. The molecule has 4 rings (SSSR count). The van der Waals surface area contributed by atoms with Crippen molar-refractivity contribution in [3.8, 4) is 16.4 Å². The number of carbonyl (C=O) groups excluding carboxylic acids is 2. The SMILES string of the molecule is Cc1cccc([N+](=O)[O-])c1NC(=O)COC(=O)c1nc(-c2cccs2)n(-c2ccccc2)n1. The van der Waals surface area contributed by atoms with Gasteiger partial charge in [0.1, 0.15) is 5.69 Å². The van der Waals surface area contributed by atoms with E-state index in [4.69, 9.17) is 4.74 Å². The van der Waals surface area contributed by atoms with Crippen LogP contribution in [0, 0.1) is 17.0 Å². The van der Waals surface area contributed by atoms with Crippen LogP contribution < -0.4 is 5.32 Å². The first-order valence-corrected chi connectivity index (χ1v) is 10.6. The van der Waals surface area contributed by atoms with Crippen LogP contribution in [0.3, 0.4) is 0 Å². The van der Waals surface area contributed by atoms with Crippen LogP contribution in [-0.4, -0.2) is 38.2 Å². The molecular formula is C22H17N5O5S. The van der Waals surface area contributed by atoms with Crippen molar-refractivity contribution in [2.45, 2.75) is 6.92 Å². The van der Waals surface area contributed by atoms with Crippen LogP contribution in [0.4, 0.5) is 11.4 Å². The number of hydrogen-bond acceptors (Lipinski definition) is 8. The second-order valence-electron chi connectivity index (χ2n) is 6.83. The number of aryl methyl sites for hydroxylation is 1. The fraction of sp³-hybridized carbons (Fsp3) is 0.0909. The molecule has 11 heteroatoms. The molecule has 1 N–H and O–H groups in total. The molecule has 2 aromatic heterocycles. The molecular weight excluding hydrogens is 446 g/mol. The highest BCUT2D eigenvalue weighted by Gasteiger charge is 2.22. The Morgan fingerprint density at radius 2 is 1.91 bits per heavy atom. The Hall–Kier alpha value is -4.38. The van der Waals surface area contributed by atoms with Gasteiger partial charge in [-0.1, -0.05) is 36.4 Å². The van der Waals surface area contributed by atoms with Crippen LogP contribution in [0.5, 0.6) is 0 Å². The molecule has 0 saturated heterocycles. The van der Waals surface area contributed by atoms with E-state index in [0.29, 0.717) is 17.1 Å². The standard InChI is InChI=1S/C22H17N5O5S/c1-14-7-5-10-16(27(30)31)19(14)23-18(28)13-32-22(29)20-24-21(17-11-6-12-33-17)26(25-20)15-8-3-2-4-9-15/h2-12H,13H2,1H3,(H,23,28). The Bertz CT molecular complexity index is 1320. The maximum absolute atomic E-state index is 12.6. The molecule has 4 aromatic rings. The maximum Gasteiger partial charge on any atom is 0.378 e. The number of carbonyl (C=O) groups is 2. The summed E-state index contributed by atoms with van der Waals surface area (Å²) in [5, 5.41) is 19.8. The number of nitrogens with one attached hydrogen (secondary N) is 1. The highest BCUT2D eigenvalue weighted by molar-refractivity contribution is 7.13. The first kappa shape index (κ1) is 21.8. The lowest BCUT2D eigenvalue weighted by atomic mass is 10.1. The molecule has 0 bridgehead atoms. The first-order chi connectivity index (χ1) is 15.9. The lowest BCUT2D eigenvalue weighted by molar-refractivity contribution is -0.384. The molecule has 0 saturated carbocycles. The molecule has 0 radical (unpaired) electrons. The Morgan fingerprint density at radius 3 is 2.61 bits per heavy atom. The molecule has 10 nitrogen and oxygen atoms in total. The number of nitro benzene ring substituents is 1. The second kappa shape index (κ2) is 9.40. The summed E-state index contributed by atoms with van der Waals surface area (Å²) in [7, 11) is 0. The van der Waals surface area contributed by atoms with Gasteiger partial charge in [-0.3, -0.25) is 14.9 Å². The minimum atomic E-state index is -0.892. The summed E-state index contributed by atoms with van der Waals surface area (Å²) in [5.41, 5.74) is 1.01. The maximum atomic E-state index is 12.6. The van der Waals surface area contributed by atoms with Gasteiger partial charge in [-0.05, 0) is 36.1 Å². The third-order valence-electron chi connectivity index (χ3n) is 4.58. The van der Waals surface area contributed by atoms with Crippen molar-refractivity contribution in [2.24, 2.45) is 0 Å². The number of thiophene rings is 1. The summed E-state index contributed by atoms with van der Waals surface area (Å²) in [6, 6.07) is 17.3. The third kappa shape index (κ3) is 4.77. The summed E-state index contributed by atoms with van der Waals surface area (Å²) < 4.78 is 6.60. The van der Waals surface area contributed by atoms with Crippen LogP contribution in [0.2, 0.25) is 0 Å². The molecule has 0 aliphatic heterocycles. The summed E-state index contributed by atoms with van der Waals surface area (Å²) in [6.45, 7) is 0.972. The van der Waals surface area contributed by atoms with E-state index in [0.717, 1.165) is 4.88 Å². The van der Waals surface area contributed by atoms with Crippen molar-refractivity contribution in [3.05, 3.63) is 87.5 Å². The van der Waals surface area contributed by atoms with Gasteiger partial charge in [0.2, 0.25) is 0 Å². The monoisotopic (exact) mass is 463 g/mol. The fourth-order valence-corrected chi connectivity index (χ4v) is 3.75. The van der Waals surface area contributed by atoms with Gasteiger partial charge in [-0.15, -0.1) is 16.4 Å². The van der Waals surface area contributed by atoms with Gasteiger partial charge in [0, 0.05) is 6.07 Å².